The third kappa shape index (κ3) is 8.35. The molecule has 2 aromatic rings. The van der Waals surface area contributed by atoms with Crippen LogP contribution in [0, 0.1) is 5.41 Å². The predicted octanol–water partition coefficient (Wildman–Crippen LogP) is 2.11. The molecule has 0 aliphatic rings. The van der Waals surface area contributed by atoms with Crippen molar-refractivity contribution in [2.75, 3.05) is 18.2 Å². The molecule has 13 heteroatoms. The number of rotatable bonds is 9. The van der Waals surface area contributed by atoms with Gasteiger partial charge in [-0.15, -0.1) is 11.6 Å². The number of carbonyl (C=O) groups is 5. The van der Waals surface area contributed by atoms with E-state index in [9.17, 15) is 24.0 Å². The summed E-state index contributed by atoms with van der Waals surface area (Å²) in [5.74, 6) is -5.02. The molecule has 0 spiro atoms. The Balaban J connectivity index is 2.35. The number of hydrogen-bond acceptors (Lipinski definition) is 6. The van der Waals surface area contributed by atoms with Crippen LogP contribution in [-0.4, -0.2) is 58.2 Å². The minimum absolute atomic E-state index is 0.174. The maximum absolute atomic E-state index is 13.5. The van der Waals surface area contributed by atoms with Crippen molar-refractivity contribution in [2.45, 2.75) is 32.9 Å². The number of nitrogens with one attached hydrogen (secondary N) is 3. The molecule has 2 rings (SSSR count). The Kier molecular flexibility index (Phi) is 10.5. The summed E-state index contributed by atoms with van der Waals surface area (Å²) in [5, 5.41) is 15.1. The summed E-state index contributed by atoms with van der Waals surface area (Å²) in [7, 11) is 0. The van der Waals surface area contributed by atoms with Crippen molar-refractivity contribution in [3.8, 4) is 0 Å². The largest absolute Gasteiger partial charge is 0.480 e. The van der Waals surface area contributed by atoms with Gasteiger partial charge < -0.3 is 21.5 Å². The SMILES string of the molecule is CC(C)(C)[C@H](NC(=O)c1ccc(N)c(Cl)c1)C(=O)N[C@@H](C(=O)NN(CC(=O)O)C(=O)CCl)c1ccccc1. The summed E-state index contributed by atoms with van der Waals surface area (Å²) in [5.41, 5.74) is 7.91. The van der Waals surface area contributed by atoms with Crippen LogP contribution in [0.25, 0.3) is 0 Å². The molecule has 0 saturated heterocycles. The van der Waals surface area contributed by atoms with Crippen molar-refractivity contribution in [2.24, 2.45) is 5.41 Å². The smallest absolute Gasteiger partial charge is 0.325 e. The second-order valence-corrected chi connectivity index (χ2v) is 10.0. The summed E-state index contributed by atoms with van der Waals surface area (Å²) in [6.07, 6.45) is 0. The number of amides is 4. The van der Waals surface area contributed by atoms with Gasteiger partial charge in [0.25, 0.3) is 17.7 Å². The number of carbonyl (C=O) groups excluding carboxylic acids is 4. The Morgan fingerprint density at radius 1 is 1.00 bits per heavy atom. The molecule has 2 atom stereocenters. The summed E-state index contributed by atoms with van der Waals surface area (Å²) >= 11 is 11.6. The number of alkyl halides is 1. The van der Waals surface area contributed by atoms with E-state index < -0.39 is 59.5 Å². The number of nitrogens with zero attached hydrogens (tertiary/aromatic N) is 1. The summed E-state index contributed by atoms with van der Waals surface area (Å²) in [6, 6.07) is 9.92. The zero-order valence-corrected chi connectivity index (χ0v) is 22.5. The van der Waals surface area contributed by atoms with Gasteiger partial charge >= 0.3 is 5.97 Å². The second kappa shape index (κ2) is 13.1. The van der Waals surface area contributed by atoms with Crippen LogP contribution in [0.2, 0.25) is 5.02 Å². The second-order valence-electron chi connectivity index (χ2n) is 9.34. The average Bonchev–Trinajstić information content (AvgIpc) is 2.85. The van der Waals surface area contributed by atoms with E-state index >= 15 is 0 Å². The lowest BCUT2D eigenvalue weighted by atomic mass is 9.85. The average molecular weight is 566 g/mol. The molecular formula is C25H29Cl2N5O6. The van der Waals surface area contributed by atoms with Gasteiger partial charge in [0.05, 0.1) is 10.7 Å². The number of benzene rings is 2. The molecule has 4 amide bonds. The Morgan fingerprint density at radius 3 is 2.16 bits per heavy atom. The molecule has 0 unspecified atom stereocenters. The van der Waals surface area contributed by atoms with E-state index in [-0.39, 0.29) is 16.3 Å². The van der Waals surface area contributed by atoms with Crippen LogP contribution in [0.15, 0.2) is 48.5 Å². The van der Waals surface area contributed by atoms with E-state index in [4.69, 9.17) is 34.0 Å². The number of carboxylic acid groups (broad SMARTS) is 1. The van der Waals surface area contributed by atoms with Crippen molar-refractivity contribution in [3.63, 3.8) is 0 Å². The number of nitrogens with two attached hydrogens (primary N) is 1. The highest BCUT2D eigenvalue weighted by Crippen LogP contribution is 2.24. The molecule has 0 fully saturated rings. The van der Waals surface area contributed by atoms with Crippen LogP contribution in [0.4, 0.5) is 5.69 Å². The normalized spacial score (nSPS) is 12.6. The minimum Gasteiger partial charge on any atom is -0.480 e. The number of carboxylic acids is 1. The van der Waals surface area contributed by atoms with Gasteiger partial charge in [-0.05, 0) is 29.2 Å². The van der Waals surface area contributed by atoms with Gasteiger partial charge in [-0.3, -0.25) is 29.4 Å². The standard InChI is InChI=1S/C25H29Cl2N5O6/c1-25(2,3)21(30-22(36)15-9-10-17(28)16(27)11-15)24(38)29-20(14-7-5-4-6-8-14)23(37)31-32(13-19(34)35)18(33)12-26/h4-11,20-21H,12-13,28H2,1-3H3,(H,29,38)(H,30,36)(H,31,37)(H,34,35)/t20-,21-/m1/s1. The van der Waals surface area contributed by atoms with E-state index in [2.05, 4.69) is 16.1 Å². The van der Waals surface area contributed by atoms with E-state index in [1.54, 1.807) is 51.1 Å². The number of halogens is 2. The molecule has 0 saturated carbocycles. The maximum Gasteiger partial charge on any atom is 0.325 e. The monoisotopic (exact) mass is 565 g/mol. The van der Waals surface area contributed by atoms with Crippen molar-refractivity contribution in [1.29, 1.82) is 0 Å². The quantitative estimate of drug-likeness (QED) is 0.176. The Hall–Kier alpha value is -3.83. The van der Waals surface area contributed by atoms with E-state index in [1.165, 1.54) is 18.2 Å². The van der Waals surface area contributed by atoms with E-state index in [0.29, 0.717) is 10.6 Å². The lowest BCUT2D eigenvalue weighted by Crippen LogP contribution is -2.57. The molecule has 0 heterocycles. The summed E-state index contributed by atoms with van der Waals surface area (Å²) in [6.45, 7) is 4.31. The fourth-order valence-electron chi connectivity index (χ4n) is 3.32. The number of nitrogen functional groups attached to an aromatic ring is 1. The minimum atomic E-state index is -1.39. The Labute approximate surface area is 229 Å². The van der Waals surface area contributed by atoms with Crippen molar-refractivity contribution in [3.05, 3.63) is 64.7 Å². The molecule has 38 heavy (non-hydrogen) atoms. The highest BCUT2D eigenvalue weighted by molar-refractivity contribution is 6.33. The molecule has 2 aromatic carbocycles. The number of hydrogen-bond donors (Lipinski definition) is 5. The fourth-order valence-corrected chi connectivity index (χ4v) is 3.65. The molecule has 0 radical (unpaired) electrons. The first-order valence-electron chi connectivity index (χ1n) is 11.3. The van der Waals surface area contributed by atoms with Crippen LogP contribution >= 0.6 is 23.2 Å². The fraction of sp³-hybridized carbons (Fsp3) is 0.320. The van der Waals surface area contributed by atoms with Crippen molar-refractivity contribution < 1.29 is 29.1 Å². The first-order valence-corrected chi connectivity index (χ1v) is 12.3. The summed E-state index contributed by atoms with van der Waals surface area (Å²) < 4.78 is 0. The maximum atomic E-state index is 13.5. The summed E-state index contributed by atoms with van der Waals surface area (Å²) in [4.78, 5) is 62.9. The third-order valence-electron chi connectivity index (χ3n) is 5.30. The van der Waals surface area contributed by atoms with Crippen molar-refractivity contribution >= 4 is 58.5 Å². The van der Waals surface area contributed by atoms with Crippen molar-refractivity contribution in [1.82, 2.24) is 21.1 Å². The van der Waals surface area contributed by atoms with Gasteiger partial charge in [0.1, 0.15) is 24.5 Å². The van der Waals surface area contributed by atoms with Gasteiger partial charge in [-0.1, -0.05) is 62.7 Å². The first kappa shape index (κ1) is 30.4. The molecule has 6 N–H and O–H groups in total. The zero-order chi connectivity index (χ0) is 28.6. The molecule has 0 aromatic heterocycles. The van der Waals surface area contributed by atoms with Gasteiger partial charge in [0.2, 0.25) is 5.91 Å². The molecule has 0 bridgehead atoms. The van der Waals surface area contributed by atoms with Crippen LogP contribution in [0.5, 0.6) is 0 Å². The first-order chi connectivity index (χ1) is 17.7. The van der Waals surface area contributed by atoms with E-state index in [1.807, 2.05) is 0 Å². The number of aliphatic carboxylic acids is 1. The van der Waals surface area contributed by atoms with E-state index in [0.717, 1.165) is 0 Å². The number of hydrazine groups is 1. The topological polar surface area (TPSA) is 171 Å². The third-order valence-corrected chi connectivity index (χ3v) is 5.86. The Bertz CT molecular complexity index is 1200. The molecular weight excluding hydrogens is 537 g/mol. The highest BCUT2D eigenvalue weighted by Gasteiger charge is 2.36. The Morgan fingerprint density at radius 2 is 1.63 bits per heavy atom. The zero-order valence-electron chi connectivity index (χ0n) is 21.0. The molecule has 11 nitrogen and oxygen atoms in total. The lowest BCUT2D eigenvalue weighted by molar-refractivity contribution is -0.149. The molecule has 0 aliphatic carbocycles. The van der Waals surface area contributed by atoms with Crippen LogP contribution in [0.3, 0.4) is 0 Å². The highest BCUT2D eigenvalue weighted by atomic mass is 35.5. The van der Waals surface area contributed by atoms with Crippen LogP contribution in [0.1, 0.15) is 42.7 Å². The molecule has 204 valence electrons. The molecule has 0 aliphatic heterocycles. The lowest BCUT2D eigenvalue weighted by Gasteiger charge is -2.32. The van der Waals surface area contributed by atoms with Gasteiger partial charge in [0.15, 0.2) is 0 Å². The van der Waals surface area contributed by atoms with Crippen LogP contribution < -0.4 is 21.8 Å². The van der Waals surface area contributed by atoms with Gasteiger partial charge in [-0.2, -0.15) is 0 Å². The predicted molar refractivity (Wildman–Crippen MR) is 142 cm³/mol. The number of anilines is 1. The van der Waals surface area contributed by atoms with Crippen LogP contribution in [-0.2, 0) is 19.2 Å². The van der Waals surface area contributed by atoms with Gasteiger partial charge in [-0.25, -0.2) is 5.01 Å². The van der Waals surface area contributed by atoms with Gasteiger partial charge in [0, 0.05) is 5.56 Å².